The van der Waals surface area contributed by atoms with E-state index in [1.54, 1.807) is 0 Å². The molecule has 0 bridgehead atoms. The van der Waals surface area contributed by atoms with Gasteiger partial charge in [0.2, 0.25) is 0 Å². The minimum atomic E-state index is -1.17. The summed E-state index contributed by atoms with van der Waals surface area (Å²) >= 11 is 0. The molecule has 1 aromatic heterocycles. The molecule has 1 N–H and O–H groups in total. The van der Waals surface area contributed by atoms with Gasteiger partial charge in [0.05, 0.1) is 6.54 Å². The molecule has 4 rings (SSSR count). The Balaban J connectivity index is 0.00000210. The monoisotopic (exact) mass is 401 g/mol. The topological polar surface area (TPSA) is 63.1 Å². The third kappa shape index (κ3) is 3.66. The van der Waals surface area contributed by atoms with Crippen molar-refractivity contribution in [3.63, 3.8) is 0 Å². The zero-order valence-electron chi connectivity index (χ0n) is 14.4. The van der Waals surface area contributed by atoms with Gasteiger partial charge in [-0.25, -0.2) is 13.2 Å². The number of halogens is 4. The summed E-state index contributed by atoms with van der Waals surface area (Å²) in [4.78, 5) is 13.9. The maximum atomic E-state index is 13.9. The van der Waals surface area contributed by atoms with E-state index in [1.807, 2.05) is 0 Å². The molecule has 0 radical (unpaired) electrons. The van der Waals surface area contributed by atoms with Crippen LogP contribution in [0.2, 0.25) is 0 Å². The van der Waals surface area contributed by atoms with Crippen molar-refractivity contribution < 1.29 is 18.0 Å². The molecule has 0 unspecified atom stereocenters. The molecule has 1 amide bonds. The van der Waals surface area contributed by atoms with Crippen molar-refractivity contribution in [2.24, 2.45) is 0 Å². The van der Waals surface area contributed by atoms with Gasteiger partial charge >= 0.3 is 0 Å². The first-order chi connectivity index (χ1) is 12.5. The average Bonchev–Trinajstić information content (AvgIpc) is 3.05. The summed E-state index contributed by atoms with van der Waals surface area (Å²) in [6.45, 7) is 3.08. The number of amides is 1. The molecule has 2 aliphatic heterocycles. The van der Waals surface area contributed by atoms with Crippen LogP contribution in [0.4, 0.5) is 13.2 Å². The second kappa shape index (κ2) is 7.85. The van der Waals surface area contributed by atoms with Gasteiger partial charge in [0.25, 0.3) is 5.91 Å². The molecular weight excluding hydrogens is 383 g/mol. The predicted octanol–water partition coefficient (Wildman–Crippen LogP) is 2.24. The molecule has 27 heavy (non-hydrogen) atoms. The van der Waals surface area contributed by atoms with Crippen LogP contribution in [0, 0.1) is 17.5 Å². The largest absolute Gasteiger partial charge is 0.338 e. The molecule has 0 aliphatic carbocycles. The van der Waals surface area contributed by atoms with Crippen molar-refractivity contribution in [3.05, 3.63) is 46.8 Å². The summed E-state index contributed by atoms with van der Waals surface area (Å²) in [5.41, 5.74) is -0.698. The quantitative estimate of drug-likeness (QED) is 0.838. The molecular formula is C17H19ClF3N5O. The van der Waals surface area contributed by atoms with Crippen LogP contribution in [0.3, 0.4) is 0 Å². The van der Waals surface area contributed by atoms with Gasteiger partial charge in [0, 0.05) is 44.2 Å². The molecule has 1 fully saturated rings. The minimum absolute atomic E-state index is 0. The Morgan fingerprint density at radius 2 is 1.74 bits per heavy atom. The number of carbonyl (C=O) groups is 1. The number of aromatic nitrogens is 3. The van der Waals surface area contributed by atoms with Crippen LogP contribution in [0.25, 0.3) is 0 Å². The van der Waals surface area contributed by atoms with Gasteiger partial charge in [-0.1, -0.05) is 0 Å². The van der Waals surface area contributed by atoms with Crippen molar-refractivity contribution in [2.45, 2.75) is 31.8 Å². The fraction of sp³-hybridized carbons (Fsp3) is 0.471. The molecule has 0 atom stereocenters. The van der Waals surface area contributed by atoms with Gasteiger partial charge < -0.3 is 14.8 Å². The van der Waals surface area contributed by atoms with Crippen molar-refractivity contribution in [1.29, 1.82) is 0 Å². The summed E-state index contributed by atoms with van der Waals surface area (Å²) in [6.07, 6.45) is 1.28. The number of hydrogen-bond acceptors (Lipinski definition) is 4. The highest BCUT2D eigenvalue weighted by molar-refractivity contribution is 5.94. The van der Waals surface area contributed by atoms with Gasteiger partial charge in [0.1, 0.15) is 34.7 Å². The van der Waals surface area contributed by atoms with Crippen molar-refractivity contribution >= 4 is 18.3 Å². The van der Waals surface area contributed by atoms with E-state index in [0.29, 0.717) is 44.6 Å². The summed E-state index contributed by atoms with van der Waals surface area (Å²) in [7, 11) is 0. The van der Waals surface area contributed by atoms with E-state index in [4.69, 9.17) is 0 Å². The zero-order valence-corrected chi connectivity index (χ0v) is 15.2. The number of carbonyl (C=O) groups excluding carboxylic acids is 1. The second-order valence-electron chi connectivity index (χ2n) is 6.61. The Morgan fingerprint density at radius 1 is 1.07 bits per heavy atom. The lowest BCUT2D eigenvalue weighted by Crippen LogP contribution is -2.39. The minimum Gasteiger partial charge on any atom is -0.338 e. The third-order valence-electron chi connectivity index (χ3n) is 5.02. The molecule has 2 aliphatic rings. The van der Waals surface area contributed by atoms with E-state index >= 15 is 0 Å². The SMILES string of the molecule is Cl.O=C(c1c(F)cc(F)cc1F)N1CCC(c2nnc3n2CCNC3)CC1. The van der Waals surface area contributed by atoms with Gasteiger partial charge in [-0.05, 0) is 12.8 Å². The molecule has 146 valence electrons. The Labute approximate surface area is 160 Å². The maximum Gasteiger partial charge on any atom is 0.259 e. The van der Waals surface area contributed by atoms with Crippen molar-refractivity contribution in [2.75, 3.05) is 19.6 Å². The van der Waals surface area contributed by atoms with Crippen molar-refractivity contribution in [3.8, 4) is 0 Å². The lowest BCUT2D eigenvalue weighted by Gasteiger charge is -2.32. The number of piperidine rings is 1. The molecule has 1 aromatic carbocycles. The number of rotatable bonds is 2. The van der Waals surface area contributed by atoms with E-state index in [0.717, 1.165) is 24.7 Å². The average molecular weight is 402 g/mol. The lowest BCUT2D eigenvalue weighted by atomic mass is 9.95. The molecule has 2 aromatic rings. The molecule has 10 heteroatoms. The molecule has 0 spiro atoms. The van der Waals surface area contributed by atoms with Gasteiger partial charge in [-0.15, -0.1) is 22.6 Å². The fourth-order valence-corrected chi connectivity index (χ4v) is 3.66. The number of nitrogens with zero attached hydrogens (tertiary/aromatic N) is 4. The Bertz CT molecular complexity index is 828. The van der Waals surface area contributed by atoms with Gasteiger partial charge in [-0.2, -0.15) is 0 Å². The zero-order chi connectivity index (χ0) is 18.3. The van der Waals surface area contributed by atoms with E-state index < -0.39 is 28.9 Å². The van der Waals surface area contributed by atoms with Crippen LogP contribution in [-0.2, 0) is 13.1 Å². The standard InChI is InChI=1S/C17H18F3N5O.ClH/c18-11-7-12(19)15(13(20)8-11)17(26)24-4-1-10(2-5-24)16-23-22-14-9-21-3-6-25(14)16;/h7-8,10,21H,1-6,9H2;1H. The smallest absolute Gasteiger partial charge is 0.259 e. The molecule has 0 saturated carbocycles. The first-order valence-corrected chi connectivity index (χ1v) is 8.61. The van der Waals surface area contributed by atoms with E-state index in [2.05, 4.69) is 20.1 Å². The second-order valence-corrected chi connectivity index (χ2v) is 6.61. The first kappa shape index (κ1) is 19.6. The van der Waals surface area contributed by atoms with E-state index in [-0.39, 0.29) is 18.3 Å². The molecule has 6 nitrogen and oxygen atoms in total. The summed E-state index contributed by atoms with van der Waals surface area (Å²) in [5, 5.41) is 11.7. The van der Waals surface area contributed by atoms with Gasteiger partial charge in [-0.3, -0.25) is 4.79 Å². The number of nitrogens with one attached hydrogen (secondary N) is 1. The predicted molar refractivity (Wildman–Crippen MR) is 93.2 cm³/mol. The lowest BCUT2D eigenvalue weighted by molar-refractivity contribution is 0.0700. The maximum absolute atomic E-state index is 13.9. The molecule has 3 heterocycles. The number of fused-ring (bicyclic) bond motifs is 1. The first-order valence-electron chi connectivity index (χ1n) is 8.61. The number of benzene rings is 1. The van der Waals surface area contributed by atoms with Crippen LogP contribution in [0.1, 0.15) is 40.8 Å². The highest BCUT2D eigenvalue weighted by Gasteiger charge is 2.31. The summed E-state index contributed by atoms with van der Waals surface area (Å²) in [6, 6.07) is 1.05. The summed E-state index contributed by atoms with van der Waals surface area (Å²) < 4.78 is 42.8. The normalized spacial score (nSPS) is 17.4. The van der Waals surface area contributed by atoms with Crippen LogP contribution in [-0.4, -0.2) is 45.2 Å². The van der Waals surface area contributed by atoms with Crippen LogP contribution >= 0.6 is 12.4 Å². The number of likely N-dealkylation sites (tertiary alicyclic amines) is 1. The highest BCUT2D eigenvalue weighted by atomic mass is 35.5. The van der Waals surface area contributed by atoms with Crippen molar-refractivity contribution in [1.82, 2.24) is 25.0 Å². The Hall–Kier alpha value is -2.13. The third-order valence-corrected chi connectivity index (χ3v) is 5.02. The Kier molecular flexibility index (Phi) is 5.71. The van der Waals surface area contributed by atoms with Crippen LogP contribution in [0.5, 0.6) is 0 Å². The van der Waals surface area contributed by atoms with Gasteiger partial charge in [0.15, 0.2) is 0 Å². The fourth-order valence-electron chi connectivity index (χ4n) is 3.66. The van der Waals surface area contributed by atoms with Crippen LogP contribution in [0.15, 0.2) is 12.1 Å². The van der Waals surface area contributed by atoms with Crippen LogP contribution < -0.4 is 5.32 Å². The van der Waals surface area contributed by atoms with E-state index in [1.165, 1.54) is 4.90 Å². The van der Waals surface area contributed by atoms with E-state index in [9.17, 15) is 18.0 Å². The molecule has 1 saturated heterocycles. The Morgan fingerprint density at radius 3 is 2.41 bits per heavy atom. The number of hydrogen-bond donors (Lipinski definition) is 1. The highest BCUT2D eigenvalue weighted by Crippen LogP contribution is 2.29. The summed E-state index contributed by atoms with van der Waals surface area (Å²) in [5.74, 6) is -2.16.